The third-order valence-electron chi connectivity index (χ3n) is 5.69. The van der Waals surface area contributed by atoms with Gasteiger partial charge in [0.15, 0.2) is 0 Å². The van der Waals surface area contributed by atoms with Crippen molar-refractivity contribution in [3.05, 3.63) is 90.5 Å². The summed E-state index contributed by atoms with van der Waals surface area (Å²) in [4.78, 5) is 16.3. The molecule has 0 aliphatic heterocycles. The lowest BCUT2D eigenvalue weighted by Crippen LogP contribution is -2.10. The Kier molecular flexibility index (Phi) is 6.83. The van der Waals surface area contributed by atoms with E-state index >= 15 is 0 Å². The highest BCUT2D eigenvalue weighted by Crippen LogP contribution is 2.33. The number of ether oxygens (including phenoxy) is 1. The Labute approximate surface area is 215 Å². The summed E-state index contributed by atoms with van der Waals surface area (Å²) < 4.78 is 21.4. The second-order valence-electron chi connectivity index (χ2n) is 9.40. The fraction of sp³-hybridized carbons (Fsp3) is 0.207. The first-order valence-corrected chi connectivity index (χ1v) is 12.1. The Balaban J connectivity index is 1.55. The third kappa shape index (κ3) is 5.59. The Morgan fingerprint density at radius 3 is 2.43 bits per heavy atom. The van der Waals surface area contributed by atoms with Crippen LogP contribution in [0.4, 0.5) is 16.0 Å². The number of anilines is 2. The van der Waals surface area contributed by atoms with Gasteiger partial charge in [0.2, 0.25) is 5.95 Å². The number of rotatable bonds is 8. The van der Waals surface area contributed by atoms with Gasteiger partial charge in [-0.05, 0) is 100 Å². The van der Waals surface area contributed by atoms with Gasteiger partial charge in [-0.2, -0.15) is 0 Å². The monoisotopic (exact) mass is 496 g/mol. The number of pyridine rings is 1. The molecule has 0 atom stereocenters. The summed E-state index contributed by atoms with van der Waals surface area (Å²) in [7, 11) is 4.07. The lowest BCUT2D eigenvalue weighted by atomic mass is 10.1. The molecule has 7 nitrogen and oxygen atoms in total. The highest BCUT2D eigenvalue weighted by Gasteiger charge is 2.18. The van der Waals surface area contributed by atoms with Crippen molar-refractivity contribution in [2.45, 2.75) is 26.5 Å². The van der Waals surface area contributed by atoms with Gasteiger partial charge in [-0.1, -0.05) is 0 Å². The Hall–Kier alpha value is -4.30. The molecule has 0 spiro atoms. The number of benzene rings is 2. The van der Waals surface area contributed by atoms with Crippen LogP contribution in [-0.2, 0) is 6.54 Å². The van der Waals surface area contributed by atoms with Gasteiger partial charge in [-0.15, -0.1) is 0 Å². The molecule has 0 amide bonds. The molecule has 0 saturated carbocycles. The summed E-state index contributed by atoms with van der Waals surface area (Å²) in [6.07, 6.45) is 3.83. The Bertz CT molecular complexity index is 1510. The second-order valence-corrected chi connectivity index (χ2v) is 9.40. The molecule has 3 aromatic heterocycles. The smallest absolute Gasteiger partial charge is 0.227 e. The maximum absolute atomic E-state index is 13.7. The summed E-state index contributed by atoms with van der Waals surface area (Å²) in [5.74, 6) is 0.971. The number of aromatic nitrogens is 4. The van der Waals surface area contributed by atoms with Crippen LogP contribution in [0.5, 0.6) is 5.75 Å². The summed E-state index contributed by atoms with van der Waals surface area (Å²) in [5.41, 5.74) is 5.83. The number of fused-ring (bicyclic) bond motifs is 1. The van der Waals surface area contributed by atoms with Crippen LogP contribution in [0.3, 0.4) is 0 Å². The molecular formula is C29H29FN6O. The lowest BCUT2D eigenvalue weighted by Gasteiger charge is -2.11. The molecule has 0 aliphatic rings. The number of hydrogen-bond donors (Lipinski definition) is 1. The van der Waals surface area contributed by atoms with E-state index in [9.17, 15) is 4.39 Å². The van der Waals surface area contributed by atoms with Gasteiger partial charge in [0, 0.05) is 30.2 Å². The molecule has 188 valence electrons. The van der Waals surface area contributed by atoms with Crippen LogP contribution in [0.2, 0.25) is 0 Å². The highest BCUT2D eigenvalue weighted by molar-refractivity contribution is 5.81. The molecule has 0 unspecified atom stereocenters. The van der Waals surface area contributed by atoms with Gasteiger partial charge < -0.3 is 15.0 Å². The number of imidazole rings is 1. The average molecular weight is 497 g/mol. The second kappa shape index (κ2) is 10.4. The van der Waals surface area contributed by atoms with E-state index in [0.717, 1.165) is 46.1 Å². The molecule has 8 heteroatoms. The van der Waals surface area contributed by atoms with Crippen molar-refractivity contribution < 1.29 is 9.13 Å². The van der Waals surface area contributed by atoms with Gasteiger partial charge in [0.1, 0.15) is 17.2 Å². The zero-order valence-electron chi connectivity index (χ0n) is 21.3. The first kappa shape index (κ1) is 24.4. The van der Waals surface area contributed by atoms with Crippen molar-refractivity contribution in [2.24, 2.45) is 0 Å². The predicted molar refractivity (Wildman–Crippen MR) is 144 cm³/mol. The lowest BCUT2D eigenvalue weighted by molar-refractivity contribution is 0.242. The maximum atomic E-state index is 13.7. The number of nitrogens with one attached hydrogen (secondary N) is 1. The van der Waals surface area contributed by atoms with E-state index in [1.165, 1.54) is 12.1 Å². The summed E-state index contributed by atoms with van der Waals surface area (Å²) in [5, 5.41) is 3.27. The molecule has 37 heavy (non-hydrogen) atoms. The minimum Gasteiger partial charge on any atom is -0.491 e. The van der Waals surface area contributed by atoms with Crippen LogP contribution in [0.1, 0.15) is 19.4 Å². The zero-order chi connectivity index (χ0) is 25.9. The summed E-state index contributed by atoms with van der Waals surface area (Å²) in [6.45, 7) is 4.79. The zero-order valence-corrected chi connectivity index (χ0v) is 21.3. The molecule has 0 saturated heterocycles. The van der Waals surface area contributed by atoms with Crippen LogP contribution in [0.25, 0.3) is 28.3 Å². The van der Waals surface area contributed by atoms with Crippen LogP contribution < -0.4 is 10.1 Å². The summed E-state index contributed by atoms with van der Waals surface area (Å²) in [6, 6.07) is 20.0. The quantitative estimate of drug-likeness (QED) is 0.276. The molecule has 2 aromatic carbocycles. The van der Waals surface area contributed by atoms with Crippen molar-refractivity contribution in [2.75, 3.05) is 19.4 Å². The van der Waals surface area contributed by atoms with Crippen molar-refractivity contribution in [3.8, 4) is 28.4 Å². The normalized spacial score (nSPS) is 11.4. The SMILES string of the molecule is CC(C)Oc1ccc(Nc2nccc(-c3c(-c4ccc(F)cc4)nc4cc(CN(C)C)ccn34)n2)cc1. The first-order chi connectivity index (χ1) is 17.9. The van der Waals surface area contributed by atoms with Crippen molar-refractivity contribution >= 4 is 17.3 Å². The molecule has 0 bridgehead atoms. The van der Waals surface area contributed by atoms with Gasteiger partial charge in [0.05, 0.1) is 23.2 Å². The molecule has 3 heterocycles. The van der Waals surface area contributed by atoms with Gasteiger partial charge >= 0.3 is 0 Å². The van der Waals surface area contributed by atoms with E-state index in [1.54, 1.807) is 18.3 Å². The average Bonchev–Trinajstić information content (AvgIpc) is 3.24. The first-order valence-electron chi connectivity index (χ1n) is 12.1. The predicted octanol–water partition coefficient (Wildman–Crippen LogP) is 6.19. The molecular weight excluding hydrogens is 467 g/mol. The standard InChI is InChI=1S/C29H29FN6O/c1-19(2)37-24-11-9-23(10-12-24)32-29-31-15-13-25(33-29)28-27(21-5-7-22(30)8-6-21)34-26-17-20(18-35(3)4)14-16-36(26)28/h5-17,19H,18H2,1-4H3,(H,31,32,33). The van der Waals surface area contributed by atoms with Crippen molar-refractivity contribution in [1.82, 2.24) is 24.3 Å². The molecule has 1 N–H and O–H groups in total. The summed E-state index contributed by atoms with van der Waals surface area (Å²) >= 11 is 0. The van der Waals surface area contributed by atoms with Gasteiger partial charge in [0.25, 0.3) is 0 Å². The topological polar surface area (TPSA) is 67.6 Å². The number of nitrogens with zero attached hydrogens (tertiary/aromatic N) is 5. The van der Waals surface area contributed by atoms with E-state index in [-0.39, 0.29) is 11.9 Å². The Morgan fingerprint density at radius 2 is 1.73 bits per heavy atom. The molecule has 0 radical (unpaired) electrons. The molecule has 5 rings (SSSR count). The number of halogens is 1. The fourth-order valence-corrected chi connectivity index (χ4v) is 4.17. The van der Waals surface area contributed by atoms with Crippen molar-refractivity contribution in [3.63, 3.8) is 0 Å². The van der Waals surface area contributed by atoms with Gasteiger partial charge in [-0.3, -0.25) is 4.40 Å². The maximum Gasteiger partial charge on any atom is 0.227 e. The molecule has 5 aromatic rings. The highest BCUT2D eigenvalue weighted by atomic mass is 19.1. The van der Waals surface area contributed by atoms with E-state index in [4.69, 9.17) is 14.7 Å². The van der Waals surface area contributed by atoms with E-state index in [2.05, 4.69) is 27.3 Å². The van der Waals surface area contributed by atoms with Gasteiger partial charge in [-0.25, -0.2) is 19.3 Å². The Morgan fingerprint density at radius 1 is 0.973 bits per heavy atom. The van der Waals surface area contributed by atoms with Crippen LogP contribution >= 0.6 is 0 Å². The fourth-order valence-electron chi connectivity index (χ4n) is 4.17. The van der Waals surface area contributed by atoms with E-state index in [1.807, 2.05) is 68.9 Å². The van der Waals surface area contributed by atoms with Crippen LogP contribution in [-0.4, -0.2) is 44.5 Å². The van der Waals surface area contributed by atoms with Crippen LogP contribution in [0, 0.1) is 5.82 Å². The largest absolute Gasteiger partial charge is 0.491 e. The molecule has 0 aliphatic carbocycles. The van der Waals surface area contributed by atoms with Crippen LogP contribution in [0.15, 0.2) is 79.1 Å². The minimum atomic E-state index is -0.291. The van der Waals surface area contributed by atoms with Crippen molar-refractivity contribution in [1.29, 1.82) is 0 Å². The van der Waals surface area contributed by atoms with E-state index < -0.39 is 0 Å². The molecule has 0 fully saturated rings. The van der Waals surface area contributed by atoms with E-state index in [0.29, 0.717) is 11.6 Å². The minimum absolute atomic E-state index is 0.110. The number of hydrogen-bond acceptors (Lipinski definition) is 6. The third-order valence-corrected chi connectivity index (χ3v) is 5.69.